The number of hydrogen-bond acceptors (Lipinski definition) is 4. The number of nitrogens with zero attached hydrogens (tertiary/aromatic N) is 1. The maximum Gasteiger partial charge on any atom is 0.325 e. The van der Waals surface area contributed by atoms with Crippen LogP contribution >= 0.6 is 0 Å². The van der Waals surface area contributed by atoms with Crippen LogP contribution in [-0.2, 0) is 20.5 Å². The number of ether oxygens (including phenoxy) is 1. The standard InChI is InChI=1S/C24H25N3O4/c28-20(25-16-23(11-6-12-23)17-7-2-1-3-8-17)15-27-21(29)24(26-22(27)30)13-14-31-19-10-5-4-9-18(19)24/h1-5,7-10H,6,11-16H2,(H,25,28)(H,26,30). The van der Waals surface area contributed by atoms with Gasteiger partial charge < -0.3 is 15.4 Å². The van der Waals surface area contributed by atoms with Crippen molar-refractivity contribution >= 4 is 17.8 Å². The Hall–Kier alpha value is -3.35. The SMILES string of the molecule is O=C(CN1C(=O)NC2(CCOc3ccccc32)C1=O)NCC1(c2ccccc2)CCC1. The van der Waals surface area contributed by atoms with Crippen molar-refractivity contribution in [2.45, 2.75) is 36.6 Å². The molecular weight excluding hydrogens is 394 g/mol. The van der Waals surface area contributed by atoms with E-state index in [-0.39, 0.29) is 17.9 Å². The van der Waals surface area contributed by atoms with Crippen LogP contribution in [0.4, 0.5) is 4.79 Å². The van der Waals surface area contributed by atoms with Gasteiger partial charge in [0.2, 0.25) is 5.91 Å². The Morgan fingerprint density at radius 3 is 2.52 bits per heavy atom. The zero-order valence-corrected chi connectivity index (χ0v) is 17.2. The monoisotopic (exact) mass is 419 g/mol. The molecule has 0 bridgehead atoms. The van der Waals surface area contributed by atoms with Crippen LogP contribution < -0.4 is 15.4 Å². The highest BCUT2D eigenvalue weighted by Gasteiger charge is 2.55. The molecule has 2 aromatic rings. The fourth-order valence-electron chi connectivity index (χ4n) is 4.95. The van der Waals surface area contributed by atoms with Crippen LogP contribution in [-0.4, -0.2) is 42.4 Å². The molecule has 7 heteroatoms. The van der Waals surface area contributed by atoms with Crippen LogP contribution in [0.25, 0.3) is 0 Å². The maximum absolute atomic E-state index is 13.3. The second-order valence-electron chi connectivity index (χ2n) is 8.60. The third kappa shape index (κ3) is 3.15. The molecule has 31 heavy (non-hydrogen) atoms. The van der Waals surface area contributed by atoms with E-state index in [0.29, 0.717) is 30.9 Å². The van der Waals surface area contributed by atoms with Crippen LogP contribution in [0.15, 0.2) is 54.6 Å². The second kappa shape index (κ2) is 7.41. The average Bonchev–Trinajstić information content (AvgIpc) is 2.99. The van der Waals surface area contributed by atoms with Crippen LogP contribution in [0, 0.1) is 0 Å². The Balaban J connectivity index is 1.28. The predicted octanol–water partition coefficient (Wildman–Crippen LogP) is 2.45. The molecule has 1 aliphatic carbocycles. The van der Waals surface area contributed by atoms with Crippen molar-refractivity contribution in [3.05, 3.63) is 65.7 Å². The quantitative estimate of drug-likeness (QED) is 0.729. The van der Waals surface area contributed by atoms with E-state index < -0.39 is 17.5 Å². The molecule has 160 valence electrons. The lowest BCUT2D eigenvalue weighted by Gasteiger charge is -2.42. The summed E-state index contributed by atoms with van der Waals surface area (Å²) in [6.45, 7) is 0.532. The Labute approximate surface area is 180 Å². The average molecular weight is 419 g/mol. The molecule has 1 atom stereocenters. The summed E-state index contributed by atoms with van der Waals surface area (Å²) in [6.07, 6.45) is 3.49. The Morgan fingerprint density at radius 2 is 1.77 bits per heavy atom. The zero-order chi connectivity index (χ0) is 21.5. The first kappa shape index (κ1) is 19.6. The van der Waals surface area contributed by atoms with Gasteiger partial charge in [-0.1, -0.05) is 55.0 Å². The van der Waals surface area contributed by atoms with Crippen molar-refractivity contribution < 1.29 is 19.1 Å². The number of imide groups is 1. The van der Waals surface area contributed by atoms with Crippen molar-refractivity contribution in [3.63, 3.8) is 0 Å². The lowest BCUT2D eigenvalue weighted by atomic mass is 9.64. The van der Waals surface area contributed by atoms with Gasteiger partial charge >= 0.3 is 6.03 Å². The van der Waals surface area contributed by atoms with Gasteiger partial charge in [-0.2, -0.15) is 0 Å². The molecule has 1 saturated heterocycles. The summed E-state index contributed by atoms with van der Waals surface area (Å²) in [5, 5.41) is 5.79. The summed E-state index contributed by atoms with van der Waals surface area (Å²) < 4.78 is 5.65. The minimum atomic E-state index is -1.16. The van der Waals surface area contributed by atoms with E-state index in [1.165, 1.54) is 5.56 Å². The highest BCUT2D eigenvalue weighted by molar-refractivity contribution is 6.09. The Kier molecular flexibility index (Phi) is 4.68. The summed E-state index contributed by atoms with van der Waals surface area (Å²) in [6, 6.07) is 16.9. The molecule has 3 aliphatic rings. The van der Waals surface area contributed by atoms with E-state index in [1.807, 2.05) is 30.3 Å². The third-order valence-corrected chi connectivity index (χ3v) is 6.88. The van der Waals surface area contributed by atoms with Crippen molar-refractivity contribution in [1.29, 1.82) is 0 Å². The molecule has 1 unspecified atom stereocenters. The maximum atomic E-state index is 13.3. The molecule has 7 nitrogen and oxygen atoms in total. The summed E-state index contributed by atoms with van der Waals surface area (Å²) in [5.74, 6) is -0.142. The van der Waals surface area contributed by atoms with E-state index in [1.54, 1.807) is 12.1 Å². The molecule has 5 rings (SSSR count). The number of para-hydroxylation sites is 1. The van der Waals surface area contributed by atoms with Gasteiger partial charge in [-0.15, -0.1) is 0 Å². The van der Waals surface area contributed by atoms with Crippen LogP contribution in [0.2, 0.25) is 0 Å². The second-order valence-corrected chi connectivity index (χ2v) is 8.60. The Bertz CT molecular complexity index is 1030. The zero-order valence-electron chi connectivity index (χ0n) is 17.2. The van der Waals surface area contributed by atoms with Gasteiger partial charge in [-0.3, -0.25) is 14.5 Å². The normalized spacial score (nSPS) is 23.5. The number of amides is 4. The molecule has 2 aliphatic heterocycles. The smallest absolute Gasteiger partial charge is 0.325 e. The topological polar surface area (TPSA) is 87.7 Å². The van der Waals surface area contributed by atoms with Crippen molar-refractivity contribution in [2.24, 2.45) is 0 Å². The van der Waals surface area contributed by atoms with Crippen LogP contribution in [0.3, 0.4) is 0 Å². The van der Waals surface area contributed by atoms with Gasteiger partial charge in [-0.05, 0) is 24.5 Å². The van der Waals surface area contributed by atoms with Crippen LogP contribution in [0.5, 0.6) is 5.75 Å². The van der Waals surface area contributed by atoms with Gasteiger partial charge in [0.15, 0.2) is 5.54 Å². The first-order valence-electron chi connectivity index (χ1n) is 10.7. The highest BCUT2D eigenvalue weighted by atomic mass is 16.5. The summed E-state index contributed by atoms with van der Waals surface area (Å²) in [4.78, 5) is 39.7. The molecule has 2 N–H and O–H groups in total. The predicted molar refractivity (Wildman–Crippen MR) is 113 cm³/mol. The van der Waals surface area contributed by atoms with Crippen molar-refractivity contribution in [1.82, 2.24) is 15.5 Å². The molecule has 0 aromatic heterocycles. The van der Waals surface area contributed by atoms with E-state index >= 15 is 0 Å². The molecule has 2 fully saturated rings. The molecule has 0 radical (unpaired) electrons. The fourth-order valence-corrected chi connectivity index (χ4v) is 4.95. The fraction of sp³-hybridized carbons (Fsp3) is 0.375. The van der Waals surface area contributed by atoms with Crippen LogP contribution in [0.1, 0.15) is 36.8 Å². The van der Waals surface area contributed by atoms with E-state index in [4.69, 9.17) is 4.74 Å². The van der Waals surface area contributed by atoms with Gasteiger partial charge in [0, 0.05) is 23.9 Å². The number of nitrogens with one attached hydrogen (secondary N) is 2. The lowest BCUT2D eigenvalue weighted by molar-refractivity contribution is -0.136. The minimum Gasteiger partial charge on any atom is -0.493 e. The number of benzene rings is 2. The first-order chi connectivity index (χ1) is 15.0. The largest absolute Gasteiger partial charge is 0.493 e. The van der Waals surface area contributed by atoms with Gasteiger partial charge in [0.05, 0.1) is 6.61 Å². The number of carbonyl (C=O) groups excluding carboxylic acids is 3. The number of fused-ring (bicyclic) bond motifs is 2. The number of hydrogen-bond donors (Lipinski definition) is 2. The van der Waals surface area contributed by atoms with Gasteiger partial charge in [0.25, 0.3) is 5.91 Å². The highest BCUT2D eigenvalue weighted by Crippen LogP contribution is 2.43. The summed E-state index contributed by atoms with van der Waals surface area (Å²) >= 11 is 0. The molecule has 4 amide bonds. The number of carbonyl (C=O) groups is 3. The molecule has 1 spiro atoms. The van der Waals surface area contributed by atoms with E-state index in [0.717, 1.165) is 24.2 Å². The minimum absolute atomic E-state index is 0.0604. The summed E-state index contributed by atoms with van der Waals surface area (Å²) in [7, 11) is 0. The third-order valence-electron chi connectivity index (χ3n) is 6.88. The Morgan fingerprint density at radius 1 is 1.03 bits per heavy atom. The first-order valence-corrected chi connectivity index (χ1v) is 10.7. The molecule has 2 heterocycles. The number of rotatable bonds is 5. The molecular formula is C24H25N3O4. The van der Waals surface area contributed by atoms with E-state index in [2.05, 4.69) is 22.8 Å². The number of urea groups is 1. The van der Waals surface area contributed by atoms with E-state index in [9.17, 15) is 14.4 Å². The van der Waals surface area contributed by atoms with Gasteiger partial charge in [0.1, 0.15) is 12.3 Å². The molecule has 2 aromatic carbocycles. The lowest BCUT2D eigenvalue weighted by Crippen LogP contribution is -2.50. The van der Waals surface area contributed by atoms with Gasteiger partial charge in [-0.25, -0.2) is 4.79 Å². The summed E-state index contributed by atoms with van der Waals surface area (Å²) in [5.41, 5.74) is 0.634. The van der Waals surface area contributed by atoms with Crippen molar-refractivity contribution in [3.8, 4) is 5.75 Å². The molecule has 1 saturated carbocycles. The van der Waals surface area contributed by atoms with Crippen molar-refractivity contribution in [2.75, 3.05) is 19.7 Å².